The monoisotopic (exact) mass is 289 g/mol. The van der Waals surface area contributed by atoms with E-state index in [0.717, 1.165) is 0 Å². The molecular weight excluding hydrogens is 273 g/mol. The molecule has 0 aromatic heterocycles. The van der Waals surface area contributed by atoms with Gasteiger partial charge in [0, 0.05) is 18.7 Å². The quantitative estimate of drug-likeness (QED) is 0.815. The minimum Gasteiger partial charge on any atom is -0.379 e. The van der Waals surface area contributed by atoms with Gasteiger partial charge in [-0.15, -0.1) is 0 Å². The number of carbonyl (C=O) groups is 1. The normalized spacial score (nSPS) is 10.7. The summed E-state index contributed by atoms with van der Waals surface area (Å²) in [6, 6.07) is 4.79. The Morgan fingerprint density at radius 3 is 2.67 bits per heavy atom. The Balaban J connectivity index is 2.34. The number of carbonyl (C=O) groups excluding carboxylic acids is 1. The number of benzene rings is 1. The molecule has 100 valence electrons. The maximum absolute atomic E-state index is 11.7. The Hall–Kier alpha value is -0.770. The molecule has 18 heavy (non-hydrogen) atoms. The van der Waals surface area contributed by atoms with Gasteiger partial charge in [0.05, 0.1) is 16.7 Å². The molecule has 0 aliphatic carbocycles. The van der Waals surface area contributed by atoms with Gasteiger partial charge in [-0.1, -0.05) is 37.0 Å². The van der Waals surface area contributed by atoms with Crippen LogP contribution in [0.3, 0.4) is 0 Å². The van der Waals surface area contributed by atoms with E-state index in [1.807, 2.05) is 0 Å². The number of halogens is 2. The predicted molar refractivity (Wildman–Crippen MR) is 74.5 cm³/mol. The lowest BCUT2D eigenvalue weighted by molar-refractivity contribution is 0.0886. The van der Waals surface area contributed by atoms with Crippen LogP contribution in [-0.2, 0) is 4.74 Å². The molecule has 0 saturated carbocycles. The topological polar surface area (TPSA) is 38.3 Å². The minimum absolute atomic E-state index is 0.179. The van der Waals surface area contributed by atoms with Crippen LogP contribution >= 0.6 is 23.2 Å². The van der Waals surface area contributed by atoms with Crippen molar-refractivity contribution in [1.29, 1.82) is 0 Å². The molecule has 0 saturated heterocycles. The van der Waals surface area contributed by atoms with E-state index in [4.69, 9.17) is 27.9 Å². The molecule has 0 heterocycles. The summed E-state index contributed by atoms with van der Waals surface area (Å²) in [5.41, 5.74) is 0.494. The van der Waals surface area contributed by atoms with Crippen molar-refractivity contribution < 1.29 is 9.53 Å². The van der Waals surface area contributed by atoms with Gasteiger partial charge in [0.1, 0.15) is 0 Å². The van der Waals surface area contributed by atoms with E-state index < -0.39 is 0 Å². The first-order valence-corrected chi connectivity index (χ1v) is 6.57. The Labute approximate surface area is 117 Å². The number of amides is 1. The summed E-state index contributed by atoms with van der Waals surface area (Å²) in [6.07, 6.45) is 0. The summed E-state index contributed by atoms with van der Waals surface area (Å²) in [6.45, 7) is 5.84. The van der Waals surface area contributed by atoms with Gasteiger partial charge in [0.2, 0.25) is 0 Å². The third-order valence-electron chi connectivity index (χ3n) is 2.16. The van der Waals surface area contributed by atoms with Crippen LogP contribution in [0.1, 0.15) is 24.2 Å². The van der Waals surface area contributed by atoms with E-state index in [0.29, 0.717) is 41.3 Å². The Morgan fingerprint density at radius 1 is 1.33 bits per heavy atom. The summed E-state index contributed by atoms with van der Waals surface area (Å²) in [7, 11) is 0. The van der Waals surface area contributed by atoms with Crippen LogP contribution < -0.4 is 5.32 Å². The highest BCUT2D eigenvalue weighted by atomic mass is 35.5. The summed E-state index contributed by atoms with van der Waals surface area (Å²) >= 11 is 11.6. The molecular formula is C13H17Cl2NO2. The second kappa shape index (κ2) is 7.62. The van der Waals surface area contributed by atoms with Crippen LogP contribution in [0.4, 0.5) is 0 Å². The van der Waals surface area contributed by atoms with E-state index in [1.54, 1.807) is 18.2 Å². The van der Waals surface area contributed by atoms with Gasteiger partial charge >= 0.3 is 0 Å². The van der Waals surface area contributed by atoms with Crippen molar-refractivity contribution in [3.8, 4) is 0 Å². The van der Waals surface area contributed by atoms with Crippen molar-refractivity contribution in [3.63, 3.8) is 0 Å². The molecule has 1 rings (SSSR count). The molecule has 1 N–H and O–H groups in total. The maximum Gasteiger partial charge on any atom is 0.251 e. The first-order valence-electron chi connectivity index (χ1n) is 5.81. The van der Waals surface area contributed by atoms with Gasteiger partial charge in [-0.3, -0.25) is 4.79 Å². The SMILES string of the molecule is CC(C)COCCNC(=O)c1ccc(Cl)c(Cl)c1. The third-order valence-corrected chi connectivity index (χ3v) is 2.90. The Bertz CT molecular complexity index is 408. The molecule has 0 radical (unpaired) electrons. The zero-order valence-electron chi connectivity index (χ0n) is 10.5. The van der Waals surface area contributed by atoms with Gasteiger partial charge in [0.25, 0.3) is 5.91 Å². The van der Waals surface area contributed by atoms with Gasteiger partial charge in [-0.25, -0.2) is 0 Å². The average Bonchev–Trinajstić information content (AvgIpc) is 2.31. The lowest BCUT2D eigenvalue weighted by Gasteiger charge is -2.08. The van der Waals surface area contributed by atoms with E-state index in [-0.39, 0.29) is 5.91 Å². The van der Waals surface area contributed by atoms with E-state index in [9.17, 15) is 4.79 Å². The molecule has 0 aliphatic heterocycles. The summed E-state index contributed by atoms with van der Waals surface area (Å²) in [5, 5.41) is 3.57. The average molecular weight is 290 g/mol. The van der Waals surface area contributed by atoms with E-state index in [2.05, 4.69) is 19.2 Å². The fraction of sp³-hybridized carbons (Fsp3) is 0.462. The molecule has 1 aromatic carbocycles. The summed E-state index contributed by atoms with van der Waals surface area (Å²) in [5.74, 6) is 0.317. The number of hydrogen-bond acceptors (Lipinski definition) is 2. The summed E-state index contributed by atoms with van der Waals surface area (Å²) in [4.78, 5) is 11.7. The van der Waals surface area contributed by atoms with Crippen LogP contribution in [0.15, 0.2) is 18.2 Å². The van der Waals surface area contributed by atoms with Crippen molar-refractivity contribution in [2.45, 2.75) is 13.8 Å². The van der Waals surface area contributed by atoms with Crippen LogP contribution in [0, 0.1) is 5.92 Å². The van der Waals surface area contributed by atoms with Crippen LogP contribution in [0.25, 0.3) is 0 Å². The minimum atomic E-state index is -0.179. The highest BCUT2D eigenvalue weighted by Crippen LogP contribution is 2.22. The smallest absolute Gasteiger partial charge is 0.251 e. The zero-order valence-corrected chi connectivity index (χ0v) is 12.0. The molecule has 1 amide bonds. The first-order chi connectivity index (χ1) is 8.50. The van der Waals surface area contributed by atoms with Crippen molar-refractivity contribution in [2.24, 2.45) is 5.92 Å². The van der Waals surface area contributed by atoms with Gasteiger partial charge in [0.15, 0.2) is 0 Å². The highest BCUT2D eigenvalue weighted by molar-refractivity contribution is 6.42. The van der Waals surface area contributed by atoms with E-state index in [1.165, 1.54) is 0 Å². The third kappa shape index (κ3) is 5.25. The number of hydrogen-bond donors (Lipinski definition) is 1. The molecule has 0 atom stereocenters. The lowest BCUT2D eigenvalue weighted by atomic mass is 10.2. The Kier molecular flexibility index (Phi) is 6.47. The molecule has 0 spiro atoms. The molecule has 0 unspecified atom stereocenters. The van der Waals surface area contributed by atoms with Crippen LogP contribution in [0.5, 0.6) is 0 Å². The van der Waals surface area contributed by atoms with Crippen LogP contribution in [-0.4, -0.2) is 25.7 Å². The molecule has 3 nitrogen and oxygen atoms in total. The fourth-order valence-corrected chi connectivity index (χ4v) is 1.59. The second-order valence-electron chi connectivity index (χ2n) is 4.35. The molecule has 1 aromatic rings. The molecule has 0 aliphatic rings. The zero-order chi connectivity index (χ0) is 13.5. The summed E-state index contributed by atoms with van der Waals surface area (Å²) < 4.78 is 5.36. The van der Waals surface area contributed by atoms with E-state index >= 15 is 0 Å². The molecule has 0 bridgehead atoms. The number of nitrogens with one attached hydrogen (secondary N) is 1. The van der Waals surface area contributed by atoms with Gasteiger partial charge in [-0.2, -0.15) is 0 Å². The number of rotatable bonds is 6. The standard InChI is InChI=1S/C13H17Cl2NO2/c1-9(2)8-18-6-5-16-13(17)10-3-4-11(14)12(15)7-10/h3-4,7,9H,5-6,8H2,1-2H3,(H,16,17). The molecule has 5 heteroatoms. The number of ether oxygens (including phenoxy) is 1. The largest absolute Gasteiger partial charge is 0.379 e. The highest BCUT2D eigenvalue weighted by Gasteiger charge is 2.07. The Morgan fingerprint density at radius 2 is 2.06 bits per heavy atom. The van der Waals surface area contributed by atoms with Crippen LogP contribution in [0.2, 0.25) is 10.0 Å². The first kappa shape index (κ1) is 15.3. The van der Waals surface area contributed by atoms with Crippen molar-refractivity contribution in [1.82, 2.24) is 5.32 Å². The fourth-order valence-electron chi connectivity index (χ4n) is 1.30. The van der Waals surface area contributed by atoms with Gasteiger partial charge < -0.3 is 10.1 Å². The maximum atomic E-state index is 11.7. The molecule has 0 fully saturated rings. The lowest BCUT2D eigenvalue weighted by Crippen LogP contribution is -2.27. The van der Waals surface area contributed by atoms with Gasteiger partial charge in [-0.05, 0) is 24.1 Å². The second-order valence-corrected chi connectivity index (χ2v) is 5.17. The predicted octanol–water partition coefficient (Wildman–Crippen LogP) is 3.40. The van der Waals surface area contributed by atoms with Crippen molar-refractivity contribution in [2.75, 3.05) is 19.8 Å². The van der Waals surface area contributed by atoms with Crippen molar-refractivity contribution in [3.05, 3.63) is 33.8 Å². The van der Waals surface area contributed by atoms with Crippen molar-refractivity contribution >= 4 is 29.1 Å².